The predicted molar refractivity (Wildman–Crippen MR) is 67.2 cm³/mol. The summed E-state index contributed by atoms with van der Waals surface area (Å²) in [5, 5.41) is 0. The number of sulfonamides is 1. The molecule has 1 aromatic carbocycles. The first kappa shape index (κ1) is 15.4. The number of ether oxygens (including phenoxy) is 1. The van der Waals surface area contributed by atoms with E-state index in [1.165, 1.54) is 13.0 Å². The Bertz CT molecular complexity index is 574. The third kappa shape index (κ3) is 3.90. The number of nitrogens with two attached hydrogens (primary N) is 1. The Hall–Kier alpha value is -1.67. The van der Waals surface area contributed by atoms with Gasteiger partial charge in [-0.25, -0.2) is 12.8 Å². The van der Waals surface area contributed by atoms with Crippen molar-refractivity contribution in [2.24, 2.45) is 0 Å². The standard InChI is InChI=1S/C11H15FN2O4S/c1-3-18-11(15)7(2)14-19(16,17)10-6-8(13)4-5-9(10)12/h4-7,14H,3,13H2,1-2H3. The van der Waals surface area contributed by atoms with Gasteiger partial charge < -0.3 is 10.5 Å². The molecule has 106 valence electrons. The number of nitrogen functional groups attached to an aromatic ring is 1. The van der Waals surface area contributed by atoms with Gasteiger partial charge in [-0.15, -0.1) is 0 Å². The fraction of sp³-hybridized carbons (Fsp3) is 0.364. The molecule has 0 aliphatic rings. The third-order valence-corrected chi connectivity index (χ3v) is 3.77. The van der Waals surface area contributed by atoms with Crippen molar-refractivity contribution < 1.29 is 22.3 Å². The third-order valence-electron chi connectivity index (χ3n) is 2.22. The zero-order chi connectivity index (χ0) is 14.6. The molecule has 8 heteroatoms. The second-order valence-electron chi connectivity index (χ2n) is 3.78. The van der Waals surface area contributed by atoms with Crippen LogP contribution in [-0.2, 0) is 19.6 Å². The van der Waals surface area contributed by atoms with Crippen molar-refractivity contribution in [3.63, 3.8) is 0 Å². The summed E-state index contributed by atoms with van der Waals surface area (Å²) in [6.45, 7) is 3.02. The molecule has 0 saturated heterocycles. The van der Waals surface area contributed by atoms with Crippen molar-refractivity contribution in [1.82, 2.24) is 4.72 Å². The molecular weight excluding hydrogens is 275 g/mol. The van der Waals surface area contributed by atoms with E-state index >= 15 is 0 Å². The van der Waals surface area contributed by atoms with E-state index < -0.39 is 32.7 Å². The largest absolute Gasteiger partial charge is 0.465 e. The van der Waals surface area contributed by atoms with Gasteiger partial charge >= 0.3 is 5.97 Å². The van der Waals surface area contributed by atoms with Crippen LogP contribution >= 0.6 is 0 Å². The minimum absolute atomic E-state index is 0.102. The highest BCUT2D eigenvalue weighted by Gasteiger charge is 2.25. The van der Waals surface area contributed by atoms with Crippen LogP contribution in [0.4, 0.5) is 10.1 Å². The summed E-state index contributed by atoms with van der Waals surface area (Å²) in [5.74, 6) is -1.69. The average molecular weight is 290 g/mol. The summed E-state index contributed by atoms with van der Waals surface area (Å²) in [6.07, 6.45) is 0. The maximum Gasteiger partial charge on any atom is 0.323 e. The van der Waals surface area contributed by atoms with E-state index in [1.54, 1.807) is 6.92 Å². The number of hydrogen-bond acceptors (Lipinski definition) is 5. The Kier molecular flexibility index (Phi) is 4.84. The number of hydrogen-bond donors (Lipinski definition) is 2. The summed E-state index contributed by atoms with van der Waals surface area (Å²) in [7, 11) is -4.18. The molecular formula is C11H15FN2O4S. The summed E-state index contributed by atoms with van der Waals surface area (Å²) >= 11 is 0. The second-order valence-corrected chi connectivity index (χ2v) is 5.47. The van der Waals surface area contributed by atoms with E-state index in [9.17, 15) is 17.6 Å². The van der Waals surface area contributed by atoms with Crippen molar-refractivity contribution in [3.8, 4) is 0 Å². The average Bonchev–Trinajstić information content (AvgIpc) is 2.31. The van der Waals surface area contributed by atoms with E-state index in [0.29, 0.717) is 0 Å². The van der Waals surface area contributed by atoms with Crippen LogP contribution in [-0.4, -0.2) is 27.0 Å². The maximum absolute atomic E-state index is 13.5. The van der Waals surface area contributed by atoms with Gasteiger partial charge in [-0.2, -0.15) is 4.72 Å². The van der Waals surface area contributed by atoms with E-state index in [2.05, 4.69) is 4.74 Å². The zero-order valence-electron chi connectivity index (χ0n) is 10.5. The van der Waals surface area contributed by atoms with Crippen molar-refractivity contribution >= 4 is 21.7 Å². The zero-order valence-corrected chi connectivity index (χ0v) is 11.3. The van der Waals surface area contributed by atoms with Crippen LogP contribution in [0.5, 0.6) is 0 Å². The first-order valence-electron chi connectivity index (χ1n) is 5.52. The van der Waals surface area contributed by atoms with Gasteiger partial charge in [0.2, 0.25) is 10.0 Å². The molecule has 0 spiro atoms. The summed E-state index contributed by atoms with van der Waals surface area (Å²) in [4.78, 5) is 10.7. The van der Waals surface area contributed by atoms with Gasteiger partial charge in [0.25, 0.3) is 0 Å². The van der Waals surface area contributed by atoms with Gasteiger partial charge in [-0.05, 0) is 32.0 Å². The minimum atomic E-state index is -4.18. The Labute approximate surface area is 110 Å². The predicted octanol–water partition coefficient (Wildman–Crippen LogP) is 0.638. The summed E-state index contributed by atoms with van der Waals surface area (Å²) in [5.41, 5.74) is 5.51. The van der Waals surface area contributed by atoms with Crippen molar-refractivity contribution in [2.75, 3.05) is 12.3 Å². The molecule has 0 amide bonds. The first-order chi connectivity index (χ1) is 8.77. The number of benzene rings is 1. The molecule has 1 atom stereocenters. The molecule has 1 aromatic rings. The lowest BCUT2D eigenvalue weighted by Gasteiger charge is -2.13. The molecule has 0 aromatic heterocycles. The van der Waals surface area contributed by atoms with Gasteiger partial charge in [0, 0.05) is 5.69 Å². The van der Waals surface area contributed by atoms with Crippen molar-refractivity contribution in [3.05, 3.63) is 24.0 Å². The monoisotopic (exact) mass is 290 g/mol. The molecule has 3 N–H and O–H groups in total. The highest BCUT2D eigenvalue weighted by molar-refractivity contribution is 7.89. The van der Waals surface area contributed by atoms with Gasteiger partial charge in [-0.1, -0.05) is 0 Å². The Morgan fingerprint density at radius 1 is 1.53 bits per heavy atom. The van der Waals surface area contributed by atoms with Gasteiger partial charge in [0.05, 0.1) is 6.61 Å². The highest BCUT2D eigenvalue weighted by atomic mass is 32.2. The number of esters is 1. The van der Waals surface area contributed by atoms with E-state index in [1.807, 2.05) is 4.72 Å². The van der Waals surface area contributed by atoms with Crippen LogP contribution in [0, 0.1) is 5.82 Å². The number of halogens is 1. The van der Waals surface area contributed by atoms with Crippen LogP contribution in [0.3, 0.4) is 0 Å². The molecule has 0 saturated carbocycles. The molecule has 0 radical (unpaired) electrons. The molecule has 0 fully saturated rings. The normalized spacial score (nSPS) is 13.0. The smallest absolute Gasteiger partial charge is 0.323 e. The number of carbonyl (C=O) groups is 1. The van der Waals surface area contributed by atoms with E-state index in [0.717, 1.165) is 12.1 Å². The lowest BCUT2D eigenvalue weighted by molar-refractivity contribution is -0.144. The fourth-order valence-corrected chi connectivity index (χ4v) is 2.64. The molecule has 0 aliphatic heterocycles. The van der Waals surface area contributed by atoms with Crippen LogP contribution in [0.2, 0.25) is 0 Å². The molecule has 0 bridgehead atoms. The lowest BCUT2D eigenvalue weighted by Crippen LogP contribution is -2.39. The number of carbonyl (C=O) groups excluding carboxylic acids is 1. The Morgan fingerprint density at radius 2 is 2.16 bits per heavy atom. The second kappa shape index (κ2) is 5.98. The SMILES string of the molecule is CCOC(=O)C(C)NS(=O)(=O)c1cc(N)ccc1F. The molecule has 0 heterocycles. The van der Waals surface area contributed by atoms with Gasteiger partial charge in [-0.3, -0.25) is 4.79 Å². The van der Waals surface area contributed by atoms with Crippen LogP contribution in [0.15, 0.2) is 23.1 Å². The summed E-state index contributed by atoms with van der Waals surface area (Å²) < 4.78 is 44.0. The topological polar surface area (TPSA) is 98.5 Å². The van der Waals surface area contributed by atoms with Crippen molar-refractivity contribution in [2.45, 2.75) is 24.8 Å². The van der Waals surface area contributed by atoms with Crippen LogP contribution < -0.4 is 10.5 Å². The molecule has 1 rings (SSSR count). The fourth-order valence-electron chi connectivity index (χ4n) is 1.34. The Balaban J connectivity index is 2.99. The first-order valence-corrected chi connectivity index (χ1v) is 7.00. The van der Waals surface area contributed by atoms with E-state index in [4.69, 9.17) is 5.73 Å². The highest BCUT2D eigenvalue weighted by Crippen LogP contribution is 2.17. The minimum Gasteiger partial charge on any atom is -0.465 e. The lowest BCUT2D eigenvalue weighted by atomic mass is 10.3. The maximum atomic E-state index is 13.5. The quantitative estimate of drug-likeness (QED) is 0.612. The summed E-state index contributed by atoms with van der Waals surface area (Å²) in [6, 6.07) is 2.04. The van der Waals surface area contributed by atoms with E-state index in [-0.39, 0.29) is 12.3 Å². The van der Waals surface area contributed by atoms with Crippen molar-refractivity contribution in [1.29, 1.82) is 0 Å². The van der Waals surface area contributed by atoms with Gasteiger partial charge in [0.15, 0.2) is 0 Å². The number of rotatable bonds is 5. The van der Waals surface area contributed by atoms with Crippen LogP contribution in [0.1, 0.15) is 13.8 Å². The molecule has 1 unspecified atom stereocenters. The Morgan fingerprint density at radius 3 is 2.74 bits per heavy atom. The molecule has 0 aliphatic carbocycles. The molecule has 6 nitrogen and oxygen atoms in total. The van der Waals surface area contributed by atoms with Crippen LogP contribution in [0.25, 0.3) is 0 Å². The number of anilines is 1. The number of nitrogens with one attached hydrogen (secondary N) is 1. The van der Waals surface area contributed by atoms with Gasteiger partial charge in [0.1, 0.15) is 16.8 Å². The molecule has 19 heavy (non-hydrogen) atoms.